The molecule has 0 radical (unpaired) electrons. The summed E-state index contributed by atoms with van der Waals surface area (Å²) in [5.41, 5.74) is 0. The molecule has 1 rings (SSSR count). The van der Waals surface area contributed by atoms with Gasteiger partial charge in [0.1, 0.15) is 0 Å². The first-order valence-corrected chi connectivity index (χ1v) is 7.72. The minimum atomic E-state index is 0.759. The molecular formula is C16H22OS. The van der Waals surface area contributed by atoms with Gasteiger partial charge in [-0.2, -0.15) is 0 Å². The molecule has 0 atom stereocenters. The monoisotopic (exact) mass is 262 g/mol. The van der Waals surface area contributed by atoms with E-state index in [0.717, 1.165) is 22.5 Å². The lowest BCUT2D eigenvalue weighted by molar-refractivity contribution is 0.112. The lowest BCUT2D eigenvalue weighted by Gasteiger charge is -1.97. The molecule has 0 spiro atoms. The smallest absolute Gasteiger partial charge is 0.160 e. The molecule has 0 saturated heterocycles. The molecule has 0 unspecified atom stereocenters. The summed E-state index contributed by atoms with van der Waals surface area (Å²) in [4.78, 5) is 12.3. The van der Waals surface area contributed by atoms with Gasteiger partial charge in [0.25, 0.3) is 0 Å². The van der Waals surface area contributed by atoms with Crippen molar-refractivity contribution in [2.45, 2.75) is 58.3 Å². The summed E-state index contributed by atoms with van der Waals surface area (Å²) in [5, 5.41) is 0. The molecule has 18 heavy (non-hydrogen) atoms. The van der Waals surface area contributed by atoms with Gasteiger partial charge in [0.15, 0.2) is 6.29 Å². The van der Waals surface area contributed by atoms with Crippen LogP contribution in [0, 0.1) is 11.8 Å². The summed E-state index contributed by atoms with van der Waals surface area (Å²) in [7, 11) is 0. The van der Waals surface area contributed by atoms with Crippen LogP contribution >= 0.6 is 11.3 Å². The fourth-order valence-corrected chi connectivity index (χ4v) is 2.50. The largest absolute Gasteiger partial charge is 0.297 e. The maximum Gasteiger partial charge on any atom is 0.160 e. The lowest BCUT2D eigenvalue weighted by Crippen LogP contribution is -1.79. The van der Waals surface area contributed by atoms with Crippen LogP contribution in [0.5, 0.6) is 0 Å². The average molecular weight is 262 g/mol. The first-order chi connectivity index (χ1) is 8.86. The molecular weight excluding hydrogens is 240 g/mol. The van der Waals surface area contributed by atoms with Crippen molar-refractivity contribution in [2.75, 3.05) is 0 Å². The molecule has 0 aromatic carbocycles. The Labute approximate surface area is 115 Å². The summed E-state index contributed by atoms with van der Waals surface area (Å²) in [5.74, 6) is 6.31. The van der Waals surface area contributed by atoms with Gasteiger partial charge in [-0.05, 0) is 18.6 Å². The molecule has 0 aliphatic heterocycles. The lowest BCUT2D eigenvalue weighted by atomic mass is 10.1. The fourth-order valence-electron chi connectivity index (χ4n) is 1.80. The zero-order valence-electron chi connectivity index (χ0n) is 11.2. The third-order valence-corrected chi connectivity index (χ3v) is 3.79. The van der Waals surface area contributed by atoms with Crippen molar-refractivity contribution in [1.29, 1.82) is 0 Å². The van der Waals surface area contributed by atoms with Crippen molar-refractivity contribution in [3.8, 4) is 11.8 Å². The van der Waals surface area contributed by atoms with Crippen LogP contribution < -0.4 is 0 Å². The SMILES string of the molecule is CCCCCCCCCC#Cc1ccc(C=O)s1. The Kier molecular flexibility index (Phi) is 8.25. The third-order valence-electron chi connectivity index (χ3n) is 2.86. The van der Waals surface area contributed by atoms with E-state index in [4.69, 9.17) is 0 Å². The fraction of sp³-hybridized carbons (Fsp3) is 0.562. The Morgan fingerprint density at radius 3 is 2.50 bits per heavy atom. The van der Waals surface area contributed by atoms with Gasteiger partial charge in [0, 0.05) is 6.42 Å². The summed E-state index contributed by atoms with van der Waals surface area (Å²) < 4.78 is 0. The summed E-state index contributed by atoms with van der Waals surface area (Å²) in [6.07, 6.45) is 11.1. The standard InChI is InChI=1S/C16H22OS/c1-2-3-4-5-6-7-8-9-10-11-15-12-13-16(14-17)18-15/h12-14H,2-9H2,1H3. The zero-order valence-corrected chi connectivity index (χ0v) is 12.0. The van der Waals surface area contributed by atoms with Crippen LogP contribution in [0.25, 0.3) is 0 Å². The van der Waals surface area contributed by atoms with Crippen LogP contribution in [0.2, 0.25) is 0 Å². The quantitative estimate of drug-likeness (QED) is 0.364. The second-order valence-corrected chi connectivity index (χ2v) is 5.61. The van der Waals surface area contributed by atoms with Crippen LogP contribution in [0.4, 0.5) is 0 Å². The maximum absolute atomic E-state index is 10.5. The van der Waals surface area contributed by atoms with E-state index in [1.165, 1.54) is 56.3 Å². The highest BCUT2D eigenvalue weighted by Crippen LogP contribution is 2.13. The molecule has 0 saturated carbocycles. The van der Waals surface area contributed by atoms with Gasteiger partial charge in [-0.3, -0.25) is 4.79 Å². The minimum absolute atomic E-state index is 0.759. The van der Waals surface area contributed by atoms with Gasteiger partial charge in [0.05, 0.1) is 9.75 Å². The van der Waals surface area contributed by atoms with Gasteiger partial charge < -0.3 is 0 Å². The van der Waals surface area contributed by atoms with E-state index in [1.54, 1.807) is 0 Å². The highest BCUT2D eigenvalue weighted by Gasteiger charge is 1.94. The van der Waals surface area contributed by atoms with Gasteiger partial charge >= 0.3 is 0 Å². The number of thiophene rings is 1. The van der Waals surface area contributed by atoms with Crippen molar-refractivity contribution in [2.24, 2.45) is 0 Å². The van der Waals surface area contributed by atoms with Crippen molar-refractivity contribution >= 4 is 17.6 Å². The normalized spacial score (nSPS) is 9.83. The van der Waals surface area contributed by atoms with Crippen LogP contribution in [-0.4, -0.2) is 6.29 Å². The summed E-state index contributed by atoms with van der Waals surface area (Å²) >= 11 is 1.47. The molecule has 1 heterocycles. The van der Waals surface area contributed by atoms with E-state index in [1.807, 2.05) is 12.1 Å². The van der Waals surface area contributed by atoms with E-state index >= 15 is 0 Å². The van der Waals surface area contributed by atoms with Crippen molar-refractivity contribution in [1.82, 2.24) is 0 Å². The molecule has 98 valence electrons. The van der Waals surface area contributed by atoms with Crippen LogP contribution in [-0.2, 0) is 0 Å². The number of unbranched alkanes of at least 4 members (excludes halogenated alkanes) is 7. The Hall–Kier alpha value is -1.07. The second kappa shape index (κ2) is 9.91. The van der Waals surface area contributed by atoms with E-state index in [2.05, 4.69) is 18.8 Å². The number of rotatable bonds is 8. The van der Waals surface area contributed by atoms with E-state index < -0.39 is 0 Å². The Bertz CT molecular complexity index is 395. The number of aldehydes is 1. The predicted molar refractivity (Wildman–Crippen MR) is 79.2 cm³/mol. The Morgan fingerprint density at radius 1 is 1.11 bits per heavy atom. The number of carbonyl (C=O) groups excluding carboxylic acids is 1. The molecule has 2 heteroatoms. The van der Waals surface area contributed by atoms with Crippen molar-refractivity contribution in [3.63, 3.8) is 0 Å². The van der Waals surface area contributed by atoms with E-state index in [-0.39, 0.29) is 0 Å². The van der Waals surface area contributed by atoms with E-state index in [0.29, 0.717) is 0 Å². The van der Waals surface area contributed by atoms with E-state index in [9.17, 15) is 4.79 Å². The third kappa shape index (κ3) is 6.61. The molecule has 0 aliphatic rings. The van der Waals surface area contributed by atoms with Gasteiger partial charge in [0.2, 0.25) is 0 Å². The van der Waals surface area contributed by atoms with Crippen LogP contribution in [0.3, 0.4) is 0 Å². The zero-order chi connectivity index (χ0) is 13.1. The van der Waals surface area contributed by atoms with Gasteiger partial charge in [-0.15, -0.1) is 11.3 Å². The predicted octanol–water partition coefficient (Wildman–Crippen LogP) is 5.05. The highest BCUT2D eigenvalue weighted by atomic mass is 32.1. The molecule has 0 bridgehead atoms. The van der Waals surface area contributed by atoms with Crippen LogP contribution in [0.15, 0.2) is 12.1 Å². The van der Waals surface area contributed by atoms with Crippen molar-refractivity contribution in [3.05, 3.63) is 21.9 Å². The Morgan fingerprint density at radius 2 is 1.83 bits per heavy atom. The first kappa shape index (κ1) is 15.0. The van der Waals surface area contributed by atoms with Crippen LogP contribution in [0.1, 0.15) is 72.8 Å². The molecule has 1 nitrogen and oxygen atoms in total. The summed E-state index contributed by atoms with van der Waals surface area (Å²) in [6.45, 7) is 2.25. The highest BCUT2D eigenvalue weighted by molar-refractivity contribution is 7.14. The molecule has 0 amide bonds. The second-order valence-electron chi connectivity index (χ2n) is 4.49. The Balaban J connectivity index is 2.05. The van der Waals surface area contributed by atoms with Gasteiger partial charge in [-0.1, -0.05) is 57.3 Å². The molecule has 1 aromatic heterocycles. The van der Waals surface area contributed by atoms with Crippen molar-refractivity contribution < 1.29 is 4.79 Å². The first-order valence-electron chi connectivity index (χ1n) is 6.90. The topological polar surface area (TPSA) is 17.1 Å². The number of hydrogen-bond donors (Lipinski definition) is 0. The van der Waals surface area contributed by atoms with Gasteiger partial charge in [-0.25, -0.2) is 0 Å². The molecule has 0 aliphatic carbocycles. The molecule has 0 N–H and O–H groups in total. The molecule has 0 fully saturated rings. The molecule has 1 aromatic rings. The maximum atomic E-state index is 10.5. The summed E-state index contributed by atoms with van der Waals surface area (Å²) in [6, 6.07) is 3.75. The number of carbonyl (C=O) groups is 1. The minimum Gasteiger partial charge on any atom is -0.297 e. The average Bonchev–Trinajstić information content (AvgIpc) is 2.85. The number of hydrogen-bond acceptors (Lipinski definition) is 2.